The highest BCUT2D eigenvalue weighted by Gasteiger charge is 2.41. The highest BCUT2D eigenvalue weighted by Crippen LogP contribution is 2.36. The molecule has 1 unspecified atom stereocenters. The van der Waals surface area contributed by atoms with Crippen LogP contribution in [0.25, 0.3) is 0 Å². The van der Waals surface area contributed by atoms with Crippen molar-refractivity contribution in [1.82, 2.24) is 4.90 Å². The molecule has 1 aliphatic rings. The second-order valence-corrected chi connectivity index (χ2v) is 4.60. The second kappa shape index (κ2) is 4.66. The van der Waals surface area contributed by atoms with E-state index in [0.717, 1.165) is 17.7 Å². The second-order valence-electron chi connectivity index (χ2n) is 4.60. The topological polar surface area (TPSA) is 33.5 Å². The summed E-state index contributed by atoms with van der Waals surface area (Å²) >= 11 is 0. The normalized spacial score (nSPS) is 17.6. The van der Waals surface area contributed by atoms with Gasteiger partial charge in [0.05, 0.1) is 6.26 Å². The van der Waals surface area contributed by atoms with E-state index in [-0.39, 0.29) is 11.7 Å². The summed E-state index contributed by atoms with van der Waals surface area (Å²) in [6.07, 6.45) is -1.37. The van der Waals surface area contributed by atoms with Gasteiger partial charge >= 0.3 is 6.18 Å². The largest absolute Gasteiger partial charge is 0.459 e. The first-order valence-electron chi connectivity index (χ1n) is 5.80. The van der Waals surface area contributed by atoms with Crippen LogP contribution in [0.5, 0.6) is 0 Å². The van der Waals surface area contributed by atoms with Crippen LogP contribution in [-0.2, 0) is 0 Å². The molecular formula is C12H14F3NO2. The van der Waals surface area contributed by atoms with Crippen LogP contribution < -0.4 is 0 Å². The lowest BCUT2D eigenvalue weighted by Crippen LogP contribution is -2.45. The van der Waals surface area contributed by atoms with Crippen molar-refractivity contribution in [3.8, 4) is 0 Å². The average Bonchev–Trinajstić information content (AvgIpc) is 2.98. The van der Waals surface area contributed by atoms with Crippen molar-refractivity contribution in [2.45, 2.75) is 32.0 Å². The van der Waals surface area contributed by atoms with Crippen LogP contribution in [-0.4, -0.2) is 29.6 Å². The maximum Gasteiger partial charge on any atom is 0.406 e. The molecule has 100 valence electrons. The molecule has 0 aromatic carbocycles. The number of amides is 1. The number of carbonyl (C=O) groups excluding carboxylic acids is 1. The average molecular weight is 261 g/mol. The lowest BCUT2D eigenvalue weighted by Gasteiger charge is -2.29. The van der Waals surface area contributed by atoms with Gasteiger partial charge in [0, 0.05) is 6.04 Å². The summed E-state index contributed by atoms with van der Waals surface area (Å²) in [5, 5.41) is 0. The first kappa shape index (κ1) is 13.0. The third-order valence-corrected chi connectivity index (χ3v) is 3.14. The van der Waals surface area contributed by atoms with E-state index in [2.05, 4.69) is 0 Å². The van der Waals surface area contributed by atoms with Gasteiger partial charge in [-0.2, -0.15) is 13.2 Å². The van der Waals surface area contributed by atoms with E-state index in [0.29, 0.717) is 0 Å². The van der Waals surface area contributed by atoms with Crippen LogP contribution in [0.4, 0.5) is 13.2 Å². The molecule has 1 fully saturated rings. The fourth-order valence-corrected chi connectivity index (χ4v) is 1.97. The van der Waals surface area contributed by atoms with Gasteiger partial charge in [0.2, 0.25) is 0 Å². The Bertz CT molecular complexity index is 409. The SMILES string of the molecule is CC(C1CC1)N(CC(F)(F)F)C(=O)c1ccco1. The summed E-state index contributed by atoms with van der Waals surface area (Å²) in [5.41, 5.74) is 0. The number of hydrogen-bond donors (Lipinski definition) is 0. The predicted molar refractivity (Wildman–Crippen MR) is 58.0 cm³/mol. The maximum absolute atomic E-state index is 12.5. The number of carbonyl (C=O) groups is 1. The zero-order valence-corrected chi connectivity index (χ0v) is 9.91. The van der Waals surface area contributed by atoms with Gasteiger partial charge in [0.25, 0.3) is 5.91 Å². The molecule has 1 saturated carbocycles. The van der Waals surface area contributed by atoms with E-state index in [9.17, 15) is 18.0 Å². The van der Waals surface area contributed by atoms with Crippen LogP contribution >= 0.6 is 0 Å². The van der Waals surface area contributed by atoms with E-state index in [1.54, 1.807) is 6.92 Å². The van der Waals surface area contributed by atoms with Crippen LogP contribution in [0.1, 0.15) is 30.3 Å². The predicted octanol–water partition coefficient (Wildman–Crippen LogP) is 3.08. The fraction of sp³-hybridized carbons (Fsp3) is 0.583. The maximum atomic E-state index is 12.5. The molecule has 3 nitrogen and oxygen atoms in total. The van der Waals surface area contributed by atoms with E-state index in [4.69, 9.17) is 4.42 Å². The van der Waals surface area contributed by atoms with Gasteiger partial charge in [-0.05, 0) is 37.8 Å². The molecule has 0 spiro atoms. The van der Waals surface area contributed by atoms with Gasteiger partial charge in [-0.3, -0.25) is 4.79 Å². The minimum Gasteiger partial charge on any atom is -0.459 e. The van der Waals surface area contributed by atoms with Crippen LogP contribution in [0.15, 0.2) is 22.8 Å². The molecule has 2 rings (SSSR count). The molecule has 1 amide bonds. The first-order valence-corrected chi connectivity index (χ1v) is 5.80. The van der Waals surface area contributed by atoms with Crippen LogP contribution in [0, 0.1) is 5.92 Å². The highest BCUT2D eigenvalue weighted by atomic mass is 19.4. The number of alkyl halides is 3. The van der Waals surface area contributed by atoms with Gasteiger partial charge in [-0.25, -0.2) is 0 Å². The van der Waals surface area contributed by atoms with E-state index >= 15 is 0 Å². The monoisotopic (exact) mass is 261 g/mol. The molecule has 0 aliphatic heterocycles. The summed E-state index contributed by atoms with van der Waals surface area (Å²) in [7, 11) is 0. The Hall–Kier alpha value is -1.46. The number of rotatable bonds is 4. The lowest BCUT2D eigenvalue weighted by atomic mass is 10.1. The Labute approximate surface area is 103 Å². The number of nitrogens with zero attached hydrogens (tertiary/aromatic N) is 1. The molecule has 1 aromatic heterocycles. The molecule has 18 heavy (non-hydrogen) atoms. The molecule has 6 heteroatoms. The molecule has 0 saturated heterocycles. The summed E-state index contributed by atoms with van der Waals surface area (Å²) < 4.78 is 42.5. The van der Waals surface area contributed by atoms with Crippen molar-refractivity contribution in [3.63, 3.8) is 0 Å². The molecule has 0 radical (unpaired) electrons. The van der Waals surface area contributed by atoms with Crippen molar-refractivity contribution < 1.29 is 22.4 Å². The third-order valence-electron chi connectivity index (χ3n) is 3.14. The molecule has 1 aliphatic carbocycles. The Balaban J connectivity index is 2.15. The van der Waals surface area contributed by atoms with Gasteiger partial charge in [0.15, 0.2) is 5.76 Å². The highest BCUT2D eigenvalue weighted by molar-refractivity contribution is 5.91. The molecule has 0 N–H and O–H groups in total. The summed E-state index contributed by atoms with van der Waals surface area (Å²) in [6, 6.07) is 2.45. The lowest BCUT2D eigenvalue weighted by molar-refractivity contribution is -0.145. The summed E-state index contributed by atoms with van der Waals surface area (Å²) in [4.78, 5) is 12.8. The van der Waals surface area contributed by atoms with Gasteiger partial charge < -0.3 is 9.32 Å². The third kappa shape index (κ3) is 3.05. The molecule has 1 atom stereocenters. The summed E-state index contributed by atoms with van der Waals surface area (Å²) in [6.45, 7) is 0.425. The first-order chi connectivity index (χ1) is 8.38. The van der Waals surface area contributed by atoms with E-state index in [1.165, 1.54) is 18.4 Å². The molecule has 1 aromatic rings. The van der Waals surface area contributed by atoms with Crippen molar-refractivity contribution >= 4 is 5.91 Å². The smallest absolute Gasteiger partial charge is 0.406 e. The van der Waals surface area contributed by atoms with Crippen molar-refractivity contribution in [2.24, 2.45) is 5.92 Å². The van der Waals surface area contributed by atoms with Crippen molar-refractivity contribution in [3.05, 3.63) is 24.2 Å². The number of halogens is 3. The van der Waals surface area contributed by atoms with Crippen LogP contribution in [0.2, 0.25) is 0 Å². The van der Waals surface area contributed by atoms with Crippen LogP contribution in [0.3, 0.4) is 0 Å². The fourth-order valence-electron chi connectivity index (χ4n) is 1.97. The Kier molecular flexibility index (Phi) is 3.36. The van der Waals surface area contributed by atoms with Gasteiger partial charge in [0.1, 0.15) is 6.54 Å². The zero-order valence-electron chi connectivity index (χ0n) is 9.91. The zero-order chi connectivity index (χ0) is 13.3. The molecule has 1 heterocycles. The quantitative estimate of drug-likeness (QED) is 0.834. The van der Waals surface area contributed by atoms with Crippen molar-refractivity contribution in [2.75, 3.05) is 6.54 Å². The molecule has 0 bridgehead atoms. The number of furan rings is 1. The van der Waals surface area contributed by atoms with Gasteiger partial charge in [-0.1, -0.05) is 0 Å². The van der Waals surface area contributed by atoms with Gasteiger partial charge in [-0.15, -0.1) is 0 Å². The minimum absolute atomic E-state index is 0.0493. The minimum atomic E-state index is -4.40. The summed E-state index contributed by atoms with van der Waals surface area (Å²) in [5.74, 6) is -0.574. The van der Waals surface area contributed by atoms with E-state index in [1.807, 2.05) is 0 Å². The van der Waals surface area contributed by atoms with E-state index < -0.39 is 24.7 Å². The number of hydrogen-bond acceptors (Lipinski definition) is 2. The standard InChI is InChI=1S/C12H14F3NO2/c1-8(9-4-5-9)16(7-12(13,14)15)11(17)10-3-2-6-18-10/h2-3,6,8-9H,4-5,7H2,1H3. The Morgan fingerprint density at radius 2 is 2.22 bits per heavy atom. The molecular weight excluding hydrogens is 247 g/mol. The van der Waals surface area contributed by atoms with Crippen molar-refractivity contribution in [1.29, 1.82) is 0 Å². The Morgan fingerprint density at radius 1 is 1.56 bits per heavy atom. The Morgan fingerprint density at radius 3 is 2.67 bits per heavy atom.